The Morgan fingerprint density at radius 1 is 1.00 bits per heavy atom. The van der Waals surface area contributed by atoms with Gasteiger partial charge < -0.3 is 28.8 Å². The van der Waals surface area contributed by atoms with Crippen molar-refractivity contribution in [3.05, 3.63) is 12.5 Å². The first-order valence-electron chi connectivity index (χ1n) is 6.19. The molecule has 0 radical (unpaired) electrons. The summed E-state index contributed by atoms with van der Waals surface area (Å²) in [6.07, 6.45) is 1.47. The van der Waals surface area contributed by atoms with Crippen LogP contribution in [0.3, 0.4) is 0 Å². The number of carboxylic acid groups (broad SMARTS) is 1. The fraction of sp³-hybridized carbons (Fsp3) is 0.500. The van der Waals surface area contributed by atoms with Gasteiger partial charge in [0.05, 0.1) is 0 Å². The van der Waals surface area contributed by atoms with E-state index in [4.69, 9.17) is 5.11 Å². The van der Waals surface area contributed by atoms with E-state index in [0.717, 1.165) is 12.5 Å². The smallest absolute Gasteiger partial charge is 0.452 e. The van der Waals surface area contributed by atoms with E-state index >= 15 is 0 Å². The van der Waals surface area contributed by atoms with Crippen LogP contribution in [0.25, 0.3) is 0 Å². The summed E-state index contributed by atoms with van der Waals surface area (Å²) in [6.45, 7) is 0.861. The van der Waals surface area contributed by atoms with Crippen LogP contribution in [0.15, 0.2) is 12.5 Å². The van der Waals surface area contributed by atoms with E-state index in [-0.39, 0.29) is 12.8 Å². The van der Waals surface area contributed by atoms with E-state index in [1.54, 1.807) is 0 Å². The highest BCUT2D eigenvalue weighted by Crippen LogP contribution is 2.23. The Morgan fingerprint density at radius 2 is 1.45 bits per heavy atom. The zero-order valence-electron chi connectivity index (χ0n) is 11.8. The Labute approximate surface area is 124 Å². The Hall–Kier alpha value is -2.78. The molecule has 0 amide bonds. The number of rotatable bonds is 7. The molecular weight excluding hydrogens is 304 g/mol. The maximum absolute atomic E-state index is 11.9. The van der Waals surface area contributed by atoms with Crippen molar-refractivity contribution in [2.45, 2.75) is 39.0 Å². The molecule has 122 valence electrons. The first-order chi connectivity index (χ1) is 10.4. The van der Waals surface area contributed by atoms with Crippen molar-refractivity contribution in [2.75, 3.05) is 0 Å². The average molecular weight is 318 g/mol. The minimum absolute atomic E-state index is 0.0869. The van der Waals surface area contributed by atoms with Gasteiger partial charge in [0.15, 0.2) is 0 Å². The van der Waals surface area contributed by atoms with Crippen LogP contribution in [0.4, 0.5) is 0 Å². The molecule has 1 aliphatic rings. The minimum atomic E-state index is -2.78. The molecule has 0 fully saturated rings. The second-order valence-electron chi connectivity index (χ2n) is 3.81. The van der Waals surface area contributed by atoms with Crippen molar-refractivity contribution < 1.29 is 48.0 Å². The molecule has 0 aliphatic carbocycles. The van der Waals surface area contributed by atoms with Crippen LogP contribution in [0.2, 0.25) is 0 Å². The monoisotopic (exact) mass is 318 g/mol. The van der Waals surface area contributed by atoms with E-state index < -0.39 is 36.1 Å². The molecule has 0 aromatic heterocycles. The minimum Gasteiger partial charge on any atom is -0.475 e. The number of hydrogen-bond acceptors (Lipinski definition) is 9. The van der Waals surface area contributed by atoms with Crippen molar-refractivity contribution in [2.24, 2.45) is 0 Å². The van der Waals surface area contributed by atoms with Gasteiger partial charge in [0, 0.05) is 12.8 Å². The fourth-order valence-electron chi connectivity index (χ4n) is 1.18. The second-order valence-corrected chi connectivity index (χ2v) is 3.81. The molecule has 0 atom stereocenters. The molecule has 1 rings (SSSR count). The SMILES string of the molecule is CCC(=O)OC(OC(=O)CC)OC(=O)C1(C(=O)O)OC=CO1. The van der Waals surface area contributed by atoms with Crippen LogP contribution in [0.1, 0.15) is 26.7 Å². The number of carboxylic acids is 1. The first-order valence-corrected chi connectivity index (χ1v) is 6.19. The van der Waals surface area contributed by atoms with Crippen LogP contribution in [0.5, 0.6) is 0 Å². The number of carbonyl (C=O) groups excluding carboxylic acids is 3. The Balaban J connectivity index is 2.82. The largest absolute Gasteiger partial charge is 0.475 e. The van der Waals surface area contributed by atoms with Crippen molar-refractivity contribution in [1.29, 1.82) is 0 Å². The van der Waals surface area contributed by atoms with Gasteiger partial charge in [0.2, 0.25) is 0 Å². The molecular formula is C12H14O10. The molecule has 0 aromatic carbocycles. The summed E-state index contributed by atoms with van der Waals surface area (Å²) in [4.78, 5) is 45.4. The molecule has 1 aliphatic heterocycles. The number of ether oxygens (including phenoxy) is 5. The van der Waals surface area contributed by atoms with Gasteiger partial charge in [-0.05, 0) is 0 Å². The second kappa shape index (κ2) is 7.29. The van der Waals surface area contributed by atoms with Gasteiger partial charge in [-0.25, -0.2) is 9.59 Å². The van der Waals surface area contributed by atoms with E-state index in [9.17, 15) is 19.2 Å². The molecule has 22 heavy (non-hydrogen) atoms. The van der Waals surface area contributed by atoms with Crippen molar-refractivity contribution in [1.82, 2.24) is 0 Å². The number of carbonyl (C=O) groups is 4. The first kappa shape index (κ1) is 17.3. The Morgan fingerprint density at radius 3 is 1.82 bits per heavy atom. The zero-order valence-corrected chi connectivity index (χ0v) is 11.8. The van der Waals surface area contributed by atoms with Crippen molar-refractivity contribution in [3.63, 3.8) is 0 Å². The van der Waals surface area contributed by atoms with Crippen molar-refractivity contribution >= 4 is 23.9 Å². The summed E-state index contributed by atoms with van der Waals surface area (Å²) in [7, 11) is 0. The standard InChI is InChI=1S/C12H14O10/c1-3-7(13)20-11(21-8(14)4-2)22-10(17)12(9(15)16)18-5-6-19-12/h5-6,11H,3-4H2,1-2H3,(H,15,16). The predicted octanol–water partition coefficient (Wildman–Crippen LogP) is 0.0185. The topological polar surface area (TPSA) is 135 Å². The number of aliphatic carboxylic acids is 1. The molecule has 0 unspecified atom stereocenters. The molecule has 0 saturated heterocycles. The molecule has 1 N–H and O–H groups in total. The summed E-state index contributed by atoms with van der Waals surface area (Å²) in [5.41, 5.74) is 0. The third-order valence-corrected chi connectivity index (χ3v) is 2.31. The van der Waals surface area contributed by atoms with Crippen LogP contribution >= 0.6 is 0 Å². The summed E-state index contributed by atoms with van der Waals surface area (Å²) in [5.74, 6) is -7.82. The number of esters is 3. The lowest BCUT2D eigenvalue weighted by Crippen LogP contribution is -2.50. The van der Waals surface area contributed by atoms with Gasteiger partial charge >= 0.3 is 36.1 Å². The van der Waals surface area contributed by atoms with Gasteiger partial charge in [-0.1, -0.05) is 13.8 Å². The molecule has 0 spiro atoms. The zero-order chi connectivity index (χ0) is 16.8. The molecule has 0 bridgehead atoms. The quantitative estimate of drug-likeness (QED) is 0.388. The molecule has 0 aromatic rings. The molecule has 10 heteroatoms. The normalized spacial score (nSPS) is 14.7. The van der Waals surface area contributed by atoms with Gasteiger partial charge in [0.1, 0.15) is 12.5 Å². The summed E-state index contributed by atoms with van der Waals surface area (Å²) >= 11 is 0. The third-order valence-electron chi connectivity index (χ3n) is 2.31. The fourth-order valence-corrected chi connectivity index (χ4v) is 1.18. The lowest BCUT2D eigenvalue weighted by molar-refractivity contribution is -0.274. The van der Waals surface area contributed by atoms with E-state index in [1.807, 2.05) is 0 Å². The predicted molar refractivity (Wildman–Crippen MR) is 64.3 cm³/mol. The van der Waals surface area contributed by atoms with Crippen molar-refractivity contribution in [3.8, 4) is 0 Å². The highest BCUT2D eigenvalue weighted by molar-refractivity contribution is 6.01. The van der Waals surface area contributed by atoms with E-state index in [2.05, 4.69) is 23.7 Å². The summed E-state index contributed by atoms with van der Waals surface area (Å²) in [5, 5.41) is 9.00. The highest BCUT2D eigenvalue weighted by atomic mass is 16.9. The number of hydrogen-bond donors (Lipinski definition) is 1. The maximum atomic E-state index is 11.9. The van der Waals surface area contributed by atoms with Gasteiger partial charge in [-0.2, -0.15) is 0 Å². The third kappa shape index (κ3) is 3.87. The van der Waals surface area contributed by atoms with Gasteiger partial charge in [-0.15, -0.1) is 0 Å². The summed E-state index contributed by atoms with van der Waals surface area (Å²) in [6, 6.07) is 0. The molecule has 0 saturated carbocycles. The van der Waals surface area contributed by atoms with Gasteiger partial charge in [0.25, 0.3) is 0 Å². The Bertz CT molecular complexity index is 468. The molecule has 1 heterocycles. The Kier molecular flexibility index (Phi) is 5.72. The van der Waals surface area contributed by atoms with E-state index in [0.29, 0.717) is 0 Å². The maximum Gasteiger partial charge on any atom is 0.452 e. The molecule has 10 nitrogen and oxygen atoms in total. The highest BCUT2D eigenvalue weighted by Gasteiger charge is 2.56. The van der Waals surface area contributed by atoms with E-state index in [1.165, 1.54) is 13.8 Å². The van der Waals surface area contributed by atoms with Crippen LogP contribution in [0, 0.1) is 0 Å². The lowest BCUT2D eigenvalue weighted by atomic mass is 10.3. The van der Waals surface area contributed by atoms with Gasteiger partial charge in [-0.3, -0.25) is 9.59 Å². The lowest BCUT2D eigenvalue weighted by Gasteiger charge is -2.23. The van der Waals surface area contributed by atoms with Crippen LogP contribution < -0.4 is 0 Å². The average Bonchev–Trinajstić information content (AvgIpc) is 2.97. The summed E-state index contributed by atoms with van der Waals surface area (Å²) < 4.78 is 22.8. The van der Waals surface area contributed by atoms with Crippen LogP contribution in [-0.2, 0) is 42.9 Å². The van der Waals surface area contributed by atoms with Crippen LogP contribution in [-0.4, -0.2) is 41.2 Å².